The highest BCUT2D eigenvalue weighted by Gasteiger charge is 2.26. The van der Waals surface area contributed by atoms with Crippen molar-refractivity contribution < 1.29 is 19.1 Å². The van der Waals surface area contributed by atoms with Gasteiger partial charge in [-0.15, -0.1) is 0 Å². The Labute approximate surface area is 136 Å². The van der Waals surface area contributed by atoms with Gasteiger partial charge in [-0.1, -0.05) is 45.9 Å². The first-order chi connectivity index (χ1) is 10.9. The lowest BCUT2D eigenvalue weighted by atomic mass is 9.93. The van der Waals surface area contributed by atoms with Crippen molar-refractivity contribution in [1.82, 2.24) is 5.32 Å². The average Bonchev–Trinajstić information content (AvgIpc) is 3.01. The molecule has 1 heterocycles. The van der Waals surface area contributed by atoms with Crippen molar-refractivity contribution in [2.45, 2.75) is 45.6 Å². The van der Waals surface area contributed by atoms with Gasteiger partial charge in [0, 0.05) is 5.69 Å². The van der Waals surface area contributed by atoms with E-state index in [1.807, 2.05) is 18.2 Å². The van der Waals surface area contributed by atoms with E-state index in [-0.39, 0.29) is 25.2 Å². The smallest absolute Gasteiger partial charge is 0.325 e. The zero-order chi connectivity index (χ0) is 17.0. The van der Waals surface area contributed by atoms with Gasteiger partial charge in [0.15, 0.2) is 6.10 Å². The van der Waals surface area contributed by atoms with Crippen molar-refractivity contribution >= 4 is 17.6 Å². The molecule has 1 aromatic rings. The number of anilines is 1. The van der Waals surface area contributed by atoms with Crippen molar-refractivity contribution in [1.29, 1.82) is 0 Å². The number of rotatable bonds is 4. The van der Waals surface area contributed by atoms with Crippen molar-refractivity contribution in [3.8, 4) is 0 Å². The van der Waals surface area contributed by atoms with Gasteiger partial charge in [-0.25, -0.2) is 4.79 Å². The van der Waals surface area contributed by atoms with E-state index >= 15 is 0 Å². The molecule has 2 rings (SSSR count). The number of para-hydroxylation sites is 1. The van der Waals surface area contributed by atoms with Crippen LogP contribution in [0.3, 0.4) is 0 Å². The molecule has 126 valence electrons. The van der Waals surface area contributed by atoms with Crippen LogP contribution in [0, 0.1) is 0 Å². The standard InChI is InChI=1S/C17H24N2O4/c1-10(2)12-6-5-7-13(11(3)4)15(12)18-17(21)19-16(20)14-8-22-9-23-14/h5-7,10-11,14H,8-9H2,1-4H3,(H2,18,19,20,21). The molecule has 1 atom stereocenters. The minimum Gasteiger partial charge on any atom is -0.352 e. The van der Waals surface area contributed by atoms with E-state index in [4.69, 9.17) is 9.47 Å². The summed E-state index contributed by atoms with van der Waals surface area (Å²) in [5.41, 5.74) is 2.85. The summed E-state index contributed by atoms with van der Waals surface area (Å²) in [6, 6.07) is 5.41. The minimum absolute atomic E-state index is 0.0768. The molecular weight excluding hydrogens is 296 g/mol. The first-order valence-corrected chi connectivity index (χ1v) is 7.84. The zero-order valence-corrected chi connectivity index (χ0v) is 14.0. The Morgan fingerprint density at radius 1 is 1.13 bits per heavy atom. The summed E-state index contributed by atoms with van der Waals surface area (Å²) in [6.07, 6.45) is -0.731. The zero-order valence-electron chi connectivity index (χ0n) is 14.0. The number of hydrogen-bond donors (Lipinski definition) is 2. The molecule has 0 radical (unpaired) electrons. The number of urea groups is 1. The molecule has 0 bridgehead atoms. The summed E-state index contributed by atoms with van der Waals surface area (Å²) in [5, 5.41) is 5.14. The van der Waals surface area contributed by atoms with E-state index in [1.54, 1.807) is 0 Å². The highest BCUT2D eigenvalue weighted by Crippen LogP contribution is 2.32. The van der Waals surface area contributed by atoms with Crippen LogP contribution in [-0.4, -0.2) is 31.4 Å². The van der Waals surface area contributed by atoms with Gasteiger partial charge in [0.1, 0.15) is 6.79 Å². The fraction of sp³-hybridized carbons (Fsp3) is 0.529. The van der Waals surface area contributed by atoms with Gasteiger partial charge in [-0.3, -0.25) is 10.1 Å². The van der Waals surface area contributed by atoms with E-state index in [2.05, 4.69) is 38.3 Å². The highest BCUT2D eigenvalue weighted by atomic mass is 16.7. The normalized spacial score (nSPS) is 17.6. The Balaban J connectivity index is 2.14. The number of ether oxygens (including phenoxy) is 2. The van der Waals surface area contributed by atoms with Crippen LogP contribution in [0.25, 0.3) is 0 Å². The summed E-state index contributed by atoms with van der Waals surface area (Å²) in [7, 11) is 0. The van der Waals surface area contributed by atoms with Crippen molar-refractivity contribution in [3.05, 3.63) is 29.3 Å². The fourth-order valence-electron chi connectivity index (χ4n) is 2.52. The Morgan fingerprint density at radius 2 is 1.74 bits per heavy atom. The minimum atomic E-state index is -0.731. The summed E-state index contributed by atoms with van der Waals surface area (Å²) >= 11 is 0. The lowest BCUT2D eigenvalue weighted by molar-refractivity contribution is -0.128. The Bertz CT molecular complexity index is 552. The first-order valence-electron chi connectivity index (χ1n) is 7.84. The lowest BCUT2D eigenvalue weighted by Gasteiger charge is -2.20. The molecule has 0 aromatic heterocycles. The van der Waals surface area contributed by atoms with Gasteiger partial charge in [-0.2, -0.15) is 0 Å². The molecule has 1 unspecified atom stereocenters. The van der Waals surface area contributed by atoms with Crippen LogP contribution in [0.1, 0.15) is 50.7 Å². The number of amides is 3. The van der Waals surface area contributed by atoms with Crippen LogP contribution < -0.4 is 10.6 Å². The number of hydrogen-bond acceptors (Lipinski definition) is 4. The fourth-order valence-corrected chi connectivity index (χ4v) is 2.52. The molecule has 0 aliphatic carbocycles. The molecular formula is C17H24N2O4. The molecule has 1 aromatic carbocycles. The van der Waals surface area contributed by atoms with E-state index in [0.717, 1.165) is 16.8 Å². The monoisotopic (exact) mass is 320 g/mol. The predicted octanol–water partition coefficient (Wildman–Crippen LogP) is 2.95. The molecule has 1 aliphatic heterocycles. The Morgan fingerprint density at radius 3 is 2.22 bits per heavy atom. The van der Waals surface area contributed by atoms with Gasteiger partial charge in [0.25, 0.3) is 5.91 Å². The van der Waals surface area contributed by atoms with Crippen LogP contribution in [0.5, 0.6) is 0 Å². The van der Waals surface area contributed by atoms with Gasteiger partial charge in [0.2, 0.25) is 0 Å². The average molecular weight is 320 g/mol. The second-order valence-corrected chi connectivity index (χ2v) is 6.21. The summed E-state index contributed by atoms with van der Waals surface area (Å²) in [4.78, 5) is 24.1. The van der Waals surface area contributed by atoms with Gasteiger partial charge >= 0.3 is 6.03 Å². The van der Waals surface area contributed by atoms with Gasteiger partial charge in [-0.05, 0) is 23.0 Å². The highest BCUT2D eigenvalue weighted by molar-refractivity contribution is 6.03. The second-order valence-electron chi connectivity index (χ2n) is 6.21. The lowest BCUT2D eigenvalue weighted by Crippen LogP contribution is -2.42. The third kappa shape index (κ3) is 4.30. The first kappa shape index (κ1) is 17.4. The summed E-state index contributed by atoms with van der Waals surface area (Å²) < 4.78 is 10.0. The third-order valence-corrected chi connectivity index (χ3v) is 3.76. The molecule has 0 saturated carbocycles. The molecule has 6 nitrogen and oxygen atoms in total. The summed E-state index contributed by atoms with van der Waals surface area (Å²) in [5.74, 6) is 0.0191. The number of carbonyl (C=O) groups excluding carboxylic acids is 2. The number of benzene rings is 1. The van der Waals surface area contributed by atoms with E-state index in [9.17, 15) is 9.59 Å². The van der Waals surface area contributed by atoms with Crippen LogP contribution in [-0.2, 0) is 14.3 Å². The molecule has 1 fully saturated rings. The van der Waals surface area contributed by atoms with Crippen LogP contribution in [0.15, 0.2) is 18.2 Å². The molecule has 1 aliphatic rings. The third-order valence-electron chi connectivity index (χ3n) is 3.76. The van der Waals surface area contributed by atoms with E-state index < -0.39 is 18.0 Å². The maximum absolute atomic E-state index is 12.2. The topological polar surface area (TPSA) is 76.7 Å². The van der Waals surface area contributed by atoms with Crippen LogP contribution in [0.4, 0.5) is 10.5 Å². The van der Waals surface area contributed by atoms with Crippen LogP contribution in [0.2, 0.25) is 0 Å². The molecule has 23 heavy (non-hydrogen) atoms. The molecule has 2 N–H and O–H groups in total. The molecule has 1 saturated heterocycles. The van der Waals surface area contributed by atoms with Crippen LogP contribution >= 0.6 is 0 Å². The van der Waals surface area contributed by atoms with Crippen molar-refractivity contribution in [3.63, 3.8) is 0 Å². The SMILES string of the molecule is CC(C)c1cccc(C(C)C)c1NC(=O)NC(=O)C1COCO1. The largest absolute Gasteiger partial charge is 0.352 e. The second kappa shape index (κ2) is 7.57. The van der Waals surface area contributed by atoms with Crippen molar-refractivity contribution in [2.75, 3.05) is 18.7 Å². The molecule has 3 amide bonds. The van der Waals surface area contributed by atoms with E-state index in [1.165, 1.54) is 0 Å². The van der Waals surface area contributed by atoms with E-state index in [0.29, 0.717) is 0 Å². The number of carbonyl (C=O) groups is 2. The van der Waals surface area contributed by atoms with Gasteiger partial charge < -0.3 is 14.8 Å². The number of nitrogens with one attached hydrogen (secondary N) is 2. The molecule has 0 spiro atoms. The summed E-state index contributed by atoms with van der Waals surface area (Å²) in [6.45, 7) is 8.51. The van der Waals surface area contributed by atoms with Crippen molar-refractivity contribution in [2.24, 2.45) is 0 Å². The quantitative estimate of drug-likeness (QED) is 0.894. The Hall–Kier alpha value is -1.92. The Kier molecular flexibility index (Phi) is 5.74. The molecule has 6 heteroatoms. The maximum atomic E-state index is 12.2. The van der Waals surface area contributed by atoms with Gasteiger partial charge in [0.05, 0.1) is 6.61 Å². The number of imide groups is 1. The maximum Gasteiger partial charge on any atom is 0.325 e. The predicted molar refractivity (Wildman–Crippen MR) is 87.5 cm³/mol.